The molecule has 1 amide bonds. The summed E-state index contributed by atoms with van der Waals surface area (Å²) in [6.45, 7) is 5.39. The number of nitrogens with zero attached hydrogens (tertiary/aromatic N) is 1. The van der Waals surface area contributed by atoms with Crippen LogP contribution in [0.25, 0.3) is 0 Å². The molecular weight excluding hydrogens is 424 g/mol. The zero-order chi connectivity index (χ0) is 22.7. The summed E-state index contributed by atoms with van der Waals surface area (Å²) >= 11 is 0. The van der Waals surface area contributed by atoms with Crippen molar-refractivity contribution in [1.29, 1.82) is 0 Å². The van der Waals surface area contributed by atoms with Crippen molar-refractivity contribution in [2.75, 3.05) is 25.0 Å². The zero-order valence-corrected chi connectivity index (χ0v) is 19.7. The van der Waals surface area contributed by atoms with E-state index in [0.29, 0.717) is 37.4 Å². The van der Waals surface area contributed by atoms with Gasteiger partial charge in [-0.3, -0.25) is 4.79 Å². The predicted molar refractivity (Wildman–Crippen MR) is 126 cm³/mol. The van der Waals surface area contributed by atoms with Gasteiger partial charge in [0, 0.05) is 24.7 Å². The topological polar surface area (TPSA) is 75.7 Å². The van der Waals surface area contributed by atoms with Crippen LogP contribution in [0.4, 0.5) is 5.69 Å². The summed E-state index contributed by atoms with van der Waals surface area (Å²) in [5, 5.41) is 3.01. The average molecular weight is 457 g/mol. The summed E-state index contributed by atoms with van der Waals surface area (Å²) < 4.78 is 33.4. The van der Waals surface area contributed by atoms with Gasteiger partial charge in [-0.25, -0.2) is 8.42 Å². The number of piperidine rings is 1. The molecule has 1 fully saturated rings. The van der Waals surface area contributed by atoms with Crippen LogP contribution in [0.2, 0.25) is 0 Å². The van der Waals surface area contributed by atoms with Gasteiger partial charge in [0.1, 0.15) is 5.75 Å². The first kappa shape index (κ1) is 22.8. The van der Waals surface area contributed by atoms with Crippen LogP contribution >= 0.6 is 0 Å². The van der Waals surface area contributed by atoms with E-state index in [0.717, 1.165) is 48.2 Å². The monoisotopic (exact) mass is 456 g/mol. The molecule has 0 aromatic heterocycles. The molecule has 2 aliphatic rings. The average Bonchev–Trinajstić information content (AvgIpc) is 3.27. The molecule has 0 radical (unpaired) electrons. The van der Waals surface area contributed by atoms with Gasteiger partial charge in [0.2, 0.25) is 15.9 Å². The van der Waals surface area contributed by atoms with Crippen LogP contribution < -0.4 is 10.1 Å². The van der Waals surface area contributed by atoms with E-state index in [1.165, 1.54) is 9.87 Å². The van der Waals surface area contributed by atoms with Crippen molar-refractivity contribution in [2.24, 2.45) is 5.92 Å². The molecule has 172 valence electrons. The van der Waals surface area contributed by atoms with E-state index in [2.05, 4.69) is 12.2 Å². The Balaban J connectivity index is 1.35. The number of nitrogens with one attached hydrogen (secondary N) is 1. The molecule has 1 N–H and O–H groups in total. The van der Waals surface area contributed by atoms with Crippen molar-refractivity contribution >= 4 is 21.6 Å². The molecule has 1 aliphatic carbocycles. The lowest BCUT2D eigenvalue weighted by Crippen LogP contribution is -2.41. The molecule has 2 aromatic rings. The second-order valence-corrected chi connectivity index (χ2v) is 10.7. The minimum atomic E-state index is -3.52. The van der Waals surface area contributed by atoms with E-state index < -0.39 is 10.0 Å². The Hall–Kier alpha value is -2.38. The van der Waals surface area contributed by atoms with Crippen LogP contribution in [-0.2, 0) is 27.7 Å². The Labute approximate surface area is 191 Å². The zero-order valence-electron chi connectivity index (χ0n) is 18.9. The molecule has 7 heteroatoms. The van der Waals surface area contributed by atoms with Gasteiger partial charge in [-0.1, -0.05) is 13.0 Å². The molecule has 4 rings (SSSR count). The molecule has 0 bridgehead atoms. The molecule has 0 unspecified atom stereocenters. The van der Waals surface area contributed by atoms with Gasteiger partial charge in [0.05, 0.1) is 11.5 Å². The fourth-order valence-electron chi connectivity index (χ4n) is 4.54. The second-order valence-electron chi connectivity index (χ2n) is 8.78. The number of anilines is 1. The fourth-order valence-corrected chi connectivity index (χ4v) is 6.06. The minimum Gasteiger partial charge on any atom is -0.494 e. The van der Waals surface area contributed by atoms with Gasteiger partial charge in [-0.05, 0) is 92.5 Å². The number of amides is 1. The van der Waals surface area contributed by atoms with Gasteiger partial charge in [0.25, 0.3) is 0 Å². The molecule has 1 heterocycles. The molecule has 1 saturated heterocycles. The number of carbonyl (C=O) groups excluding carboxylic acids is 1. The minimum absolute atomic E-state index is 0.0510. The number of aryl methyl sites for hydroxylation is 3. The summed E-state index contributed by atoms with van der Waals surface area (Å²) in [5.74, 6) is 0.550. The predicted octanol–water partition coefficient (Wildman–Crippen LogP) is 4.31. The number of benzene rings is 2. The summed E-state index contributed by atoms with van der Waals surface area (Å²) in [7, 11) is -3.52. The van der Waals surface area contributed by atoms with Crippen LogP contribution in [0.5, 0.6) is 5.75 Å². The maximum absolute atomic E-state index is 13.1. The summed E-state index contributed by atoms with van der Waals surface area (Å²) in [6, 6.07) is 11.2. The molecular formula is C25H32N2O4S. The van der Waals surface area contributed by atoms with E-state index in [1.807, 2.05) is 37.3 Å². The van der Waals surface area contributed by atoms with E-state index in [-0.39, 0.29) is 11.8 Å². The molecule has 0 spiro atoms. The molecule has 32 heavy (non-hydrogen) atoms. The molecule has 2 aromatic carbocycles. The standard InChI is InChI=1S/C25H32N2O4S/c1-3-15-31-22-8-10-24(18(2)16-22)26-25(28)20-11-13-27(14-12-20)32(29,30)23-9-7-19-5-4-6-21(19)17-23/h7-10,16-17,20H,3-6,11-15H2,1-2H3,(H,26,28). The van der Waals surface area contributed by atoms with Crippen LogP contribution in [0, 0.1) is 12.8 Å². The Morgan fingerprint density at radius 2 is 1.84 bits per heavy atom. The van der Waals surface area contributed by atoms with E-state index in [4.69, 9.17) is 4.74 Å². The van der Waals surface area contributed by atoms with E-state index >= 15 is 0 Å². The molecule has 6 nitrogen and oxygen atoms in total. The van der Waals surface area contributed by atoms with Crippen molar-refractivity contribution in [3.05, 3.63) is 53.1 Å². The number of hydrogen-bond donors (Lipinski definition) is 1. The highest BCUT2D eigenvalue weighted by Crippen LogP contribution is 2.29. The summed E-state index contributed by atoms with van der Waals surface area (Å²) in [5.41, 5.74) is 4.14. The highest BCUT2D eigenvalue weighted by molar-refractivity contribution is 7.89. The lowest BCUT2D eigenvalue weighted by Gasteiger charge is -2.30. The van der Waals surface area contributed by atoms with E-state index in [9.17, 15) is 13.2 Å². The maximum Gasteiger partial charge on any atom is 0.243 e. The van der Waals surface area contributed by atoms with Gasteiger partial charge < -0.3 is 10.1 Å². The largest absolute Gasteiger partial charge is 0.494 e. The van der Waals surface area contributed by atoms with Crippen LogP contribution in [0.3, 0.4) is 0 Å². The lowest BCUT2D eigenvalue weighted by molar-refractivity contribution is -0.120. The summed E-state index contributed by atoms with van der Waals surface area (Å²) in [4.78, 5) is 13.2. The molecule has 1 aliphatic heterocycles. The van der Waals surface area contributed by atoms with Gasteiger partial charge in [-0.2, -0.15) is 4.31 Å². The van der Waals surface area contributed by atoms with Crippen LogP contribution in [-0.4, -0.2) is 38.3 Å². The molecule has 0 atom stereocenters. The summed E-state index contributed by atoms with van der Waals surface area (Å²) in [6.07, 6.45) is 5.06. The Bertz CT molecular complexity index is 1090. The van der Waals surface area contributed by atoms with Gasteiger partial charge in [-0.15, -0.1) is 0 Å². The van der Waals surface area contributed by atoms with Crippen LogP contribution in [0.15, 0.2) is 41.3 Å². The number of hydrogen-bond acceptors (Lipinski definition) is 4. The fraction of sp³-hybridized carbons (Fsp3) is 0.480. The highest BCUT2D eigenvalue weighted by atomic mass is 32.2. The highest BCUT2D eigenvalue weighted by Gasteiger charge is 2.32. The lowest BCUT2D eigenvalue weighted by atomic mass is 9.97. The Kier molecular flexibility index (Phi) is 6.86. The van der Waals surface area contributed by atoms with E-state index in [1.54, 1.807) is 6.07 Å². The SMILES string of the molecule is CCCOc1ccc(NC(=O)C2CCN(S(=O)(=O)c3ccc4c(c3)CCC4)CC2)c(C)c1. The van der Waals surface area contributed by atoms with Crippen molar-refractivity contribution in [3.63, 3.8) is 0 Å². The van der Waals surface area contributed by atoms with Crippen LogP contribution in [0.1, 0.15) is 49.3 Å². The quantitative estimate of drug-likeness (QED) is 0.674. The van der Waals surface area contributed by atoms with Gasteiger partial charge >= 0.3 is 0 Å². The second kappa shape index (κ2) is 9.63. The van der Waals surface area contributed by atoms with Crippen molar-refractivity contribution in [1.82, 2.24) is 4.31 Å². The molecule has 0 saturated carbocycles. The first-order valence-corrected chi connectivity index (χ1v) is 13.0. The van der Waals surface area contributed by atoms with Gasteiger partial charge in [0.15, 0.2) is 0 Å². The first-order chi connectivity index (χ1) is 15.4. The number of sulfonamides is 1. The maximum atomic E-state index is 13.1. The Morgan fingerprint density at radius 3 is 2.56 bits per heavy atom. The third-order valence-electron chi connectivity index (χ3n) is 6.46. The first-order valence-electron chi connectivity index (χ1n) is 11.5. The number of carbonyl (C=O) groups is 1. The Morgan fingerprint density at radius 1 is 1.09 bits per heavy atom. The third kappa shape index (κ3) is 4.84. The smallest absolute Gasteiger partial charge is 0.243 e. The van der Waals surface area contributed by atoms with Crippen molar-refractivity contribution in [3.8, 4) is 5.75 Å². The number of rotatable bonds is 7. The third-order valence-corrected chi connectivity index (χ3v) is 8.36. The number of ether oxygens (including phenoxy) is 1. The normalized spacial score (nSPS) is 17.2. The van der Waals surface area contributed by atoms with Crippen molar-refractivity contribution in [2.45, 2.75) is 57.3 Å². The number of fused-ring (bicyclic) bond motifs is 1. The van der Waals surface area contributed by atoms with Crippen molar-refractivity contribution < 1.29 is 17.9 Å².